The molecule has 2 aromatic rings. The molecule has 22 heavy (non-hydrogen) atoms. The molecule has 0 aliphatic rings. The molecule has 0 unspecified atom stereocenters. The predicted octanol–water partition coefficient (Wildman–Crippen LogP) is 2.32. The van der Waals surface area contributed by atoms with Gasteiger partial charge in [-0.2, -0.15) is 0 Å². The van der Waals surface area contributed by atoms with Crippen molar-refractivity contribution in [3.63, 3.8) is 0 Å². The standard InChI is InChI=1S/C14H18ClN5OS/c1-8(2)17-13(21)9(3)22-14-19-18-12(20(14)16)10-5-4-6-11(15)7-10/h4-9H,16H2,1-3H3,(H,17,21)/t9-/m0/s1. The van der Waals surface area contributed by atoms with Gasteiger partial charge in [-0.3, -0.25) is 4.79 Å². The average Bonchev–Trinajstić information content (AvgIpc) is 2.79. The highest BCUT2D eigenvalue weighted by Gasteiger charge is 2.20. The molecule has 6 nitrogen and oxygen atoms in total. The Hall–Kier alpha value is -1.73. The van der Waals surface area contributed by atoms with Gasteiger partial charge in [0.25, 0.3) is 0 Å². The number of nitrogens with one attached hydrogen (secondary N) is 1. The van der Waals surface area contributed by atoms with Gasteiger partial charge in [-0.05, 0) is 32.9 Å². The minimum absolute atomic E-state index is 0.0627. The highest BCUT2D eigenvalue weighted by atomic mass is 35.5. The molecule has 118 valence electrons. The van der Waals surface area contributed by atoms with E-state index < -0.39 is 0 Å². The summed E-state index contributed by atoms with van der Waals surface area (Å²) in [6, 6.07) is 7.29. The minimum atomic E-state index is -0.318. The average molecular weight is 340 g/mol. The van der Waals surface area contributed by atoms with E-state index in [1.165, 1.54) is 16.4 Å². The van der Waals surface area contributed by atoms with Gasteiger partial charge in [0.15, 0.2) is 5.82 Å². The molecule has 0 bridgehead atoms. The van der Waals surface area contributed by atoms with Crippen LogP contribution < -0.4 is 11.2 Å². The Balaban J connectivity index is 2.16. The molecule has 1 aromatic carbocycles. The summed E-state index contributed by atoms with van der Waals surface area (Å²) in [5, 5.41) is 11.7. The Morgan fingerprint density at radius 1 is 1.36 bits per heavy atom. The fraction of sp³-hybridized carbons (Fsp3) is 0.357. The second-order valence-corrected chi connectivity index (χ2v) is 6.85. The summed E-state index contributed by atoms with van der Waals surface area (Å²) in [5.41, 5.74) is 0.772. The van der Waals surface area contributed by atoms with E-state index in [9.17, 15) is 4.79 Å². The van der Waals surface area contributed by atoms with Gasteiger partial charge in [0.2, 0.25) is 11.1 Å². The molecule has 1 atom stereocenters. The monoisotopic (exact) mass is 339 g/mol. The lowest BCUT2D eigenvalue weighted by Gasteiger charge is -2.13. The van der Waals surface area contributed by atoms with Crippen LogP contribution in [-0.2, 0) is 4.79 Å². The van der Waals surface area contributed by atoms with Crippen LogP contribution in [0.1, 0.15) is 20.8 Å². The first-order valence-corrected chi connectivity index (χ1v) is 8.07. The Morgan fingerprint density at radius 3 is 2.73 bits per heavy atom. The highest BCUT2D eigenvalue weighted by molar-refractivity contribution is 8.00. The number of carbonyl (C=O) groups is 1. The van der Waals surface area contributed by atoms with Crippen molar-refractivity contribution in [1.82, 2.24) is 20.2 Å². The van der Waals surface area contributed by atoms with Gasteiger partial charge in [0, 0.05) is 16.6 Å². The van der Waals surface area contributed by atoms with Crippen LogP contribution in [0.3, 0.4) is 0 Å². The number of nitrogens with two attached hydrogens (primary N) is 1. The van der Waals surface area contributed by atoms with E-state index in [1.807, 2.05) is 26.0 Å². The van der Waals surface area contributed by atoms with Gasteiger partial charge in [-0.15, -0.1) is 10.2 Å². The molecule has 8 heteroatoms. The lowest BCUT2D eigenvalue weighted by atomic mass is 10.2. The number of halogens is 1. The summed E-state index contributed by atoms with van der Waals surface area (Å²) in [6.07, 6.45) is 0. The van der Waals surface area contributed by atoms with Crippen LogP contribution in [0.2, 0.25) is 5.02 Å². The number of rotatable bonds is 5. The molecule has 0 radical (unpaired) electrons. The molecule has 1 amide bonds. The maximum absolute atomic E-state index is 11.9. The summed E-state index contributed by atoms with van der Waals surface area (Å²) < 4.78 is 1.37. The fourth-order valence-corrected chi connectivity index (χ4v) is 2.76. The van der Waals surface area contributed by atoms with Gasteiger partial charge in [-0.25, -0.2) is 4.68 Å². The minimum Gasteiger partial charge on any atom is -0.353 e. The zero-order valence-corrected chi connectivity index (χ0v) is 14.1. The quantitative estimate of drug-likeness (QED) is 0.645. The number of amides is 1. The number of aromatic nitrogens is 3. The van der Waals surface area contributed by atoms with Crippen molar-refractivity contribution in [2.45, 2.75) is 37.2 Å². The zero-order valence-electron chi connectivity index (χ0n) is 12.6. The van der Waals surface area contributed by atoms with E-state index in [1.54, 1.807) is 19.1 Å². The summed E-state index contributed by atoms with van der Waals surface area (Å²) in [6.45, 7) is 5.63. The summed E-state index contributed by atoms with van der Waals surface area (Å²) in [4.78, 5) is 11.9. The van der Waals surface area contributed by atoms with Gasteiger partial charge >= 0.3 is 0 Å². The molecule has 2 rings (SSSR count). The Labute approximate surface area is 138 Å². The third-order valence-corrected chi connectivity index (χ3v) is 4.12. The van der Waals surface area contributed by atoms with Crippen LogP contribution >= 0.6 is 23.4 Å². The fourth-order valence-electron chi connectivity index (χ4n) is 1.80. The summed E-state index contributed by atoms with van der Waals surface area (Å²) in [7, 11) is 0. The van der Waals surface area contributed by atoms with Crippen molar-refractivity contribution >= 4 is 29.3 Å². The number of thioether (sulfide) groups is 1. The number of hydrogen-bond acceptors (Lipinski definition) is 5. The molecule has 1 aromatic heterocycles. The van der Waals surface area contributed by atoms with Crippen LogP contribution in [0, 0.1) is 0 Å². The first kappa shape index (κ1) is 16.6. The van der Waals surface area contributed by atoms with Crippen molar-refractivity contribution in [3.8, 4) is 11.4 Å². The van der Waals surface area contributed by atoms with Gasteiger partial charge in [0.05, 0.1) is 5.25 Å². The molecular weight excluding hydrogens is 322 g/mol. The van der Waals surface area contributed by atoms with E-state index >= 15 is 0 Å². The number of benzene rings is 1. The Morgan fingerprint density at radius 2 is 2.09 bits per heavy atom. The number of nitrogens with zero attached hydrogens (tertiary/aromatic N) is 3. The molecule has 1 heterocycles. The third-order valence-electron chi connectivity index (χ3n) is 2.83. The van der Waals surface area contributed by atoms with E-state index in [0.717, 1.165) is 5.56 Å². The van der Waals surface area contributed by atoms with Crippen LogP contribution in [0.4, 0.5) is 0 Å². The number of nitrogen functional groups attached to an aromatic ring is 1. The highest BCUT2D eigenvalue weighted by Crippen LogP contribution is 2.26. The van der Waals surface area contributed by atoms with Crippen LogP contribution in [0.5, 0.6) is 0 Å². The molecule has 0 aliphatic carbocycles. The zero-order chi connectivity index (χ0) is 16.3. The molecule has 0 saturated carbocycles. The molecule has 3 N–H and O–H groups in total. The van der Waals surface area contributed by atoms with Crippen LogP contribution in [-0.4, -0.2) is 32.1 Å². The maximum atomic E-state index is 11.9. The molecule has 0 spiro atoms. The van der Waals surface area contributed by atoms with Gasteiger partial charge in [-0.1, -0.05) is 35.5 Å². The molecule has 0 aliphatic heterocycles. The van der Waals surface area contributed by atoms with Gasteiger partial charge < -0.3 is 11.2 Å². The largest absolute Gasteiger partial charge is 0.353 e. The van der Waals surface area contributed by atoms with Crippen molar-refractivity contribution in [3.05, 3.63) is 29.3 Å². The second kappa shape index (κ2) is 7.02. The van der Waals surface area contributed by atoms with Crippen molar-refractivity contribution in [2.24, 2.45) is 0 Å². The lowest BCUT2D eigenvalue weighted by Crippen LogP contribution is -2.36. The van der Waals surface area contributed by atoms with Crippen molar-refractivity contribution in [2.75, 3.05) is 5.84 Å². The Bertz CT molecular complexity index is 673. The molecule has 0 fully saturated rings. The first-order valence-electron chi connectivity index (χ1n) is 6.82. The predicted molar refractivity (Wildman–Crippen MR) is 89.2 cm³/mol. The van der Waals surface area contributed by atoms with Crippen molar-refractivity contribution < 1.29 is 4.79 Å². The van der Waals surface area contributed by atoms with Crippen LogP contribution in [0.25, 0.3) is 11.4 Å². The smallest absolute Gasteiger partial charge is 0.233 e. The maximum Gasteiger partial charge on any atom is 0.233 e. The number of hydrogen-bond donors (Lipinski definition) is 2. The van der Waals surface area contributed by atoms with Crippen molar-refractivity contribution in [1.29, 1.82) is 0 Å². The lowest BCUT2D eigenvalue weighted by molar-refractivity contribution is -0.120. The first-order chi connectivity index (χ1) is 10.4. The number of carbonyl (C=O) groups excluding carboxylic acids is 1. The topological polar surface area (TPSA) is 85.8 Å². The van der Waals surface area contributed by atoms with Crippen LogP contribution in [0.15, 0.2) is 29.4 Å². The van der Waals surface area contributed by atoms with E-state index in [-0.39, 0.29) is 17.2 Å². The summed E-state index contributed by atoms with van der Waals surface area (Å²) in [5.74, 6) is 6.47. The molecular formula is C14H18ClN5OS. The SMILES string of the molecule is CC(C)NC(=O)[C@H](C)Sc1nnc(-c2cccc(Cl)c2)n1N. The van der Waals surface area contributed by atoms with E-state index in [2.05, 4.69) is 15.5 Å². The van der Waals surface area contributed by atoms with E-state index in [4.69, 9.17) is 17.4 Å². The summed E-state index contributed by atoms with van der Waals surface area (Å²) >= 11 is 7.23. The second-order valence-electron chi connectivity index (χ2n) is 5.11. The normalized spacial score (nSPS) is 12.4. The third kappa shape index (κ3) is 3.92. The molecule has 0 saturated heterocycles. The van der Waals surface area contributed by atoms with E-state index in [0.29, 0.717) is 16.0 Å². The van der Waals surface area contributed by atoms with Gasteiger partial charge in [0.1, 0.15) is 0 Å². The Kier molecular flexibility index (Phi) is 5.31.